The Bertz CT molecular complexity index is 332. The predicted octanol–water partition coefficient (Wildman–Crippen LogP) is 2.01. The second kappa shape index (κ2) is 4.28. The van der Waals surface area contributed by atoms with Gasteiger partial charge in [-0.25, -0.2) is 4.98 Å². The van der Waals surface area contributed by atoms with E-state index in [1.54, 1.807) is 12.1 Å². The second-order valence-electron chi connectivity index (χ2n) is 2.67. The van der Waals surface area contributed by atoms with Gasteiger partial charge in [0.05, 0.1) is 6.42 Å². The fraction of sp³-hybridized carbons (Fsp3) is 0.222. The summed E-state index contributed by atoms with van der Waals surface area (Å²) in [5.41, 5.74) is 0.471. The molecule has 1 aromatic heterocycles. The molecule has 13 heavy (non-hydrogen) atoms. The lowest BCUT2D eigenvalue weighted by atomic mass is 10.1. The number of pyridine rings is 1. The first-order valence-electron chi connectivity index (χ1n) is 3.74. The van der Waals surface area contributed by atoms with Crippen molar-refractivity contribution < 1.29 is 9.59 Å². The summed E-state index contributed by atoms with van der Waals surface area (Å²) in [6.45, 7) is 1.39. The van der Waals surface area contributed by atoms with Gasteiger partial charge < -0.3 is 0 Å². The lowest BCUT2D eigenvalue weighted by Crippen LogP contribution is -2.04. The minimum absolute atomic E-state index is 0.0523. The number of carbonyl (C=O) groups excluding carboxylic acids is 2. The van der Waals surface area contributed by atoms with Crippen molar-refractivity contribution >= 4 is 27.5 Å². The molecular weight excluding hydrogens is 234 g/mol. The van der Waals surface area contributed by atoms with Crippen LogP contribution in [0.1, 0.15) is 23.7 Å². The third-order valence-corrected chi connectivity index (χ3v) is 1.93. The zero-order valence-corrected chi connectivity index (χ0v) is 8.67. The van der Waals surface area contributed by atoms with Gasteiger partial charge in [-0.3, -0.25) is 9.59 Å². The van der Waals surface area contributed by atoms with Crippen molar-refractivity contribution in [3.8, 4) is 0 Å². The number of rotatable bonds is 3. The SMILES string of the molecule is CC(=O)CC(=O)c1ccc(Br)nc1. The molecule has 0 atom stereocenters. The first-order chi connectivity index (χ1) is 6.09. The zero-order valence-electron chi connectivity index (χ0n) is 7.08. The standard InChI is InChI=1S/C9H8BrNO2/c1-6(12)4-8(13)7-2-3-9(10)11-5-7/h2-3,5H,4H2,1H3. The van der Waals surface area contributed by atoms with Crippen molar-refractivity contribution in [1.82, 2.24) is 4.98 Å². The first-order valence-corrected chi connectivity index (χ1v) is 4.53. The molecule has 1 rings (SSSR count). The molecule has 0 fully saturated rings. The third-order valence-electron chi connectivity index (χ3n) is 1.46. The highest BCUT2D eigenvalue weighted by atomic mass is 79.9. The van der Waals surface area contributed by atoms with Crippen LogP contribution in [-0.4, -0.2) is 16.6 Å². The number of aromatic nitrogens is 1. The third kappa shape index (κ3) is 3.06. The molecule has 0 N–H and O–H groups in total. The van der Waals surface area contributed by atoms with Gasteiger partial charge >= 0.3 is 0 Å². The van der Waals surface area contributed by atoms with E-state index in [1.165, 1.54) is 13.1 Å². The zero-order chi connectivity index (χ0) is 9.84. The van der Waals surface area contributed by atoms with Crippen molar-refractivity contribution in [2.45, 2.75) is 13.3 Å². The van der Waals surface area contributed by atoms with Crippen LogP contribution in [0.15, 0.2) is 22.9 Å². The fourth-order valence-electron chi connectivity index (χ4n) is 0.869. The summed E-state index contributed by atoms with van der Waals surface area (Å²) in [6.07, 6.45) is 1.40. The molecule has 0 saturated carbocycles. The van der Waals surface area contributed by atoms with E-state index < -0.39 is 0 Å². The highest BCUT2D eigenvalue weighted by Crippen LogP contribution is 2.08. The van der Waals surface area contributed by atoms with Crippen LogP contribution in [0.2, 0.25) is 0 Å². The topological polar surface area (TPSA) is 47.0 Å². The van der Waals surface area contributed by atoms with Crippen LogP contribution in [-0.2, 0) is 4.79 Å². The summed E-state index contributed by atoms with van der Waals surface area (Å²) in [5, 5.41) is 0. The van der Waals surface area contributed by atoms with Crippen LogP contribution in [0.3, 0.4) is 0 Å². The Morgan fingerprint density at radius 2 is 2.15 bits per heavy atom. The van der Waals surface area contributed by atoms with Gasteiger partial charge in [0, 0.05) is 11.8 Å². The fourth-order valence-corrected chi connectivity index (χ4v) is 1.10. The van der Waals surface area contributed by atoms with E-state index in [-0.39, 0.29) is 18.0 Å². The van der Waals surface area contributed by atoms with E-state index in [1.807, 2.05) is 0 Å². The van der Waals surface area contributed by atoms with Gasteiger partial charge in [-0.05, 0) is 35.0 Å². The van der Waals surface area contributed by atoms with Crippen LogP contribution >= 0.6 is 15.9 Å². The maximum Gasteiger partial charge on any atom is 0.171 e. The number of halogens is 1. The van der Waals surface area contributed by atoms with Gasteiger partial charge in [-0.15, -0.1) is 0 Å². The van der Waals surface area contributed by atoms with Gasteiger partial charge in [-0.2, -0.15) is 0 Å². The van der Waals surface area contributed by atoms with Crippen molar-refractivity contribution in [2.75, 3.05) is 0 Å². The van der Waals surface area contributed by atoms with Crippen LogP contribution < -0.4 is 0 Å². The highest BCUT2D eigenvalue weighted by Gasteiger charge is 2.08. The molecule has 0 spiro atoms. The number of ketones is 2. The van der Waals surface area contributed by atoms with Gasteiger partial charge in [0.25, 0.3) is 0 Å². The van der Waals surface area contributed by atoms with Crippen molar-refractivity contribution in [3.63, 3.8) is 0 Å². The number of carbonyl (C=O) groups is 2. The summed E-state index contributed by atoms with van der Waals surface area (Å²) in [4.78, 5) is 25.8. The highest BCUT2D eigenvalue weighted by molar-refractivity contribution is 9.10. The predicted molar refractivity (Wildman–Crippen MR) is 51.6 cm³/mol. The molecule has 0 aliphatic rings. The smallest absolute Gasteiger partial charge is 0.171 e. The Morgan fingerprint density at radius 3 is 2.62 bits per heavy atom. The molecule has 1 aromatic rings. The largest absolute Gasteiger partial charge is 0.300 e. The number of nitrogens with zero attached hydrogens (tertiary/aromatic N) is 1. The average molecular weight is 242 g/mol. The van der Waals surface area contributed by atoms with E-state index in [9.17, 15) is 9.59 Å². The van der Waals surface area contributed by atoms with Gasteiger partial charge in [0.1, 0.15) is 10.4 Å². The van der Waals surface area contributed by atoms with E-state index in [0.29, 0.717) is 10.2 Å². The molecule has 4 heteroatoms. The molecule has 1 heterocycles. The van der Waals surface area contributed by atoms with Crippen molar-refractivity contribution in [3.05, 3.63) is 28.5 Å². The van der Waals surface area contributed by atoms with Gasteiger partial charge in [0.15, 0.2) is 5.78 Å². The Balaban J connectivity index is 2.78. The van der Waals surface area contributed by atoms with Gasteiger partial charge in [-0.1, -0.05) is 0 Å². The quantitative estimate of drug-likeness (QED) is 0.462. The van der Waals surface area contributed by atoms with E-state index >= 15 is 0 Å². The Labute approximate surface area is 84.3 Å². The van der Waals surface area contributed by atoms with E-state index in [4.69, 9.17) is 0 Å². The summed E-state index contributed by atoms with van der Waals surface area (Å²) in [5.74, 6) is -0.319. The maximum atomic E-state index is 11.3. The Hall–Kier alpha value is -1.03. The van der Waals surface area contributed by atoms with Crippen LogP contribution in [0.5, 0.6) is 0 Å². The maximum absolute atomic E-state index is 11.3. The molecule has 0 aromatic carbocycles. The second-order valence-corrected chi connectivity index (χ2v) is 3.48. The molecule has 3 nitrogen and oxygen atoms in total. The molecule has 0 aliphatic carbocycles. The molecule has 0 aliphatic heterocycles. The minimum atomic E-state index is -0.187. The molecule has 68 valence electrons. The summed E-state index contributed by atoms with van der Waals surface area (Å²) in [7, 11) is 0. The first kappa shape index (κ1) is 10.1. The lowest BCUT2D eigenvalue weighted by molar-refractivity contribution is -0.116. The molecule has 0 saturated heterocycles. The number of hydrogen-bond acceptors (Lipinski definition) is 3. The molecule has 0 bridgehead atoms. The normalized spacial score (nSPS) is 9.69. The van der Waals surface area contributed by atoms with Crippen molar-refractivity contribution in [2.24, 2.45) is 0 Å². The lowest BCUT2D eigenvalue weighted by Gasteiger charge is -1.97. The summed E-state index contributed by atoms with van der Waals surface area (Å²) in [6, 6.07) is 3.32. The monoisotopic (exact) mass is 241 g/mol. The van der Waals surface area contributed by atoms with Crippen LogP contribution in [0, 0.1) is 0 Å². The van der Waals surface area contributed by atoms with Crippen molar-refractivity contribution in [1.29, 1.82) is 0 Å². The average Bonchev–Trinajstić information content (AvgIpc) is 2.04. The minimum Gasteiger partial charge on any atom is -0.300 e. The Morgan fingerprint density at radius 1 is 1.46 bits per heavy atom. The number of hydrogen-bond donors (Lipinski definition) is 0. The Kier molecular flexibility index (Phi) is 3.31. The van der Waals surface area contributed by atoms with Crippen LogP contribution in [0.4, 0.5) is 0 Å². The van der Waals surface area contributed by atoms with Crippen LogP contribution in [0.25, 0.3) is 0 Å². The van der Waals surface area contributed by atoms with Gasteiger partial charge in [0.2, 0.25) is 0 Å². The molecule has 0 radical (unpaired) electrons. The summed E-state index contributed by atoms with van der Waals surface area (Å²) >= 11 is 3.16. The van der Waals surface area contributed by atoms with E-state index in [0.717, 1.165) is 0 Å². The molecule has 0 unspecified atom stereocenters. The summed E-state index contributed by atoms with van der Waals surface area (Å²) < 4.78 is 0.673. The molecule has 0 amide bonds. The molecular formula is C9H8BrNO2. The number of Topliss-reactive ketones (excluding diaryl/α,β-unsaturated/α-hetero) is 2. The van der Waals surface area contributed by atoms with E-state index in [2.05, 4.69) is 20.9 Å².